The van der Waals surface area contributed by atoms with Crippen molar-refractivity contribution in [1.29, 1.82) is 0 Å². The van der Waals surface area contributed by atoms with Gasteiger partial charge in [-0.2, -0.15) is 0 Å². The van der Waals surface area contributed by atoms with E-state index in [9.17, 15) is 9.90 Å². The lowest BCUT2D eigenvalue weighted by atomic mass is 9.75. The Morgan fingerprint density at radius 1 is 1.29 bits per heavy atom. The molecule has 1 aromatic carbocycles. The van der Waals surface area contributed by atoms with Crippen LogP contribution in [-0.2, 0) is 14.4 Å². The third kappa shape index (κ3) is 2.93. The van der Waals surface area contributed by atoms with Gasteiger partial charge in [-0.3, -0.25) is 4.79 Å². The average Bonchev–Trinajstić information content (AvgIpc) is 2.97. The second kappa shape index (κ2) is 5.85. The number of carbonyl (C=O) groups is 1. The summed E-state index contributed by atoms with van der Waals surface area (Å²) in [6, 6.07) is 9.86. The summed E-state index contributed by atoms with van der Waals surface area (Å²) >= 11 is 0. The molecule has 0 bridgehead atoms. The molecule has 0 radical (unpaired) electrons. The largest absolute Gasteiger partial charge is 0.481 e. The molecule has 0 aliphatic carbocycles. The Morgan fingerprint density at radius 2 is 2.00 bits per heavy atom. The van der Waals surface area contributed by atoms with E-state index in [1.54, 1.807) is 0 Å². The normalized spacial score (nSPS) is 24.2. The van der Waals surface area contributed by atoms with E-state index < -0.39 is 11.4 Å². The molecule has 5 heteroatoms. The number of aliphatic carboxylic acids is 1. The first kappa shape index (κ1) is 14.1. The molecule has 5 nitrogen and oxygen atoms in total. The second-order valence-electron chi connectivity index (χ2n) is 5.74. The summed E-state index contributed by atoms with van der Waals surface area (Å²) in [5.74, 6) is -0.748. The Balaban J connectivity index is 1.66. The minimum atomic E-state index is -0.748. The van der Waals surface area contributed by atoms with Crippen LogP contribution >= 0.6 is 0 Å². The number of hydrogen-bond donors (Lipinski definition) is 1. The van der Waals surface area contributed by atoms with Gasteiger partial charge < -0.3 is 14.7 Å². The number of benzene rings is 1. The summed E-state index contributed by atoms with van der Waals surface area (Å²) in [4.78, 5) is 17.1. The van der Waals surface area contributed by atoms with Gasteiger partial charge in [-0.05, 0) is 18.4 Å². The van der Waals surface area contributed by atoms with Gasteiger partial charge in [0.25, 0.3) is 0 Å². The highest BCUT2D eigenvalue weighted by Crippen LogP contribution is 2.38. The van der Waals surface area contributed by atoms with E-state index in [-0.39, 0.29) is 6.10 Å². The van der Waals surface area contributed by atoms with Crippen LogP contribution in [0.1, 0.15) is 31.2 Å². The summed E-state index contributed by atoms with van der Waals surface area (Å²) in [6.45, 7) is 1.01. The molecule has 1 saturated heterocycles. The van der Waals surface area contributed by atoms with Crippen LogP contribution in [0.3, 0.4) is 0 Å². The number of nitrogens with zero attached hydrogens (tertiary/aromatic N) is 1. The lowest BCUT2D eigenvalue weighted by Gasteiger charge is -2.34. The maximum atomic E-state index is 11.7. The van der Waals surface area contributed by atoms with Crippen molar-refractivity contribution in [2.24, 2.45) is 10.6 Å². The molecule has 0 aromatic heterocycles. The van der Waals surface area contributed by atoms with Crippen LogP contribution < -0.4 is 0 Å². The Morgan fingerprint density at radius 3 is 2.67 bits per heavy atom. The molecule has 112 valence electrons. The van der Waals surface area contributed by atoms with Crippen LogP contribution in [0, 0.1) is 5.41 Å². The molecule has 1 fully saturated rings. The number of rotatable bonds is 4. The minimum Gasteiger partial charge on any atom is -0.481 e. The highest BCUT2D eigenvalue weighted by atomic mass is 16.6. The average molecular weight is 289 g/mol. The van der Waals surface area contributed by atoms with Gasteiger partial charge in [0.1, 0.15) is 6.10 Å². The molecule has 2 heterocycles. The Hall–Kier alpha value is -1.88. The molecule has 1 aromatic rings. The molecule has 0 saturated carbocycles. The fourth-order valence-electron chi connectivity index (χ4n) is 3.04. The van der Waals surface area contributed by atoms with E-state index >= 15 is 0 Å². The van der Waals surface area contributed by atoms with Crippen molar-refractivity contribution in [3.63, 3.8) is 0 Å². The van der Waals surface area contributed by atoms with Gasteiger partial charge in [0, 0.05) is 26.1 Å². The van der Waals surface area contributed by atoms with Gasteiger partial charge >= 0.3 is 5.97 Å². The number of oxime groups is 1. The molecule has 21 heavy (non-hydrogen) atoms. The van der Waals surface area contributed by atoms with E-state index in [2.05, 4.69) is 5.16 Å². The van der Waals surface area contributed by atoms with Gasteiger partial charge in [-0.1, -0.05) is 35.5 Å². The SMILES string of the molecule is O=C(O)C1(C[C@@H]2CC(c3ccccc3)=NO2)CCOCC1. The first-order valence-electron chi connectivity index (χ1n) is 7.29. The van der Waals surface area contributed by atoms with Crippen LogP contribution in [0.5, 0.6) is 0 Å². The van der Waals surface area contributed by atoms with Crippen molar-refractivity contribution >= 4 is 11.7 Å². The maximum absolute atomic E-state index is 11.7. The van der Waals surface area contributed by atoms with Crippen LogP contribution in [0.25, 0.3) is 0 Å². The Labute approximate surface area is 123 Å². The van der Waals surface area contributed by atoms with E-state index in [4.69, 9.17) is 9.57 Å². The lowest BCUT2D eigenvalue weighted by molar-refractivity contribution is -0.158. The lowest BCUT2D eigenvalue weighted by Crippen LogP contribution is -2.40. The Kier molecular flexibility index (Phi) is 3.92. The van der Waals surface area contributed by atoms with Crippen molar-refractivity contribution < 1.29 is 19.5 Å². The van der Waals surface area contributed by atoms with Crippen molar-refractivity contribution in [1.82, 2.24) is 0 Å². The van der Waals surface area contributed by atoms with Gasteiger partial charge in [-0.25, -0.2) is 0 Å². The number of carboxylic acid groups (broad SMARTS) is 1. The van der Waals surface area contributed by atoms with E-state index in [0.717, 1.165) is 11.3 Å². The molecule has 2 aliphatic heterocycles. The van der Waals surface area contributed by atoms with Gasteiger partial charge in [0.05, 0.1) is 11.1 Å². The molecule has 1 N–H and O–H groups in total. The van der Waals surface area contributed by atoms with Crippen molar-refractivity contribution in [2.75, 3.05) is 13.2 Å². The van der Waals surface area contributed by atoms with Crippen molar-refractivity contribution in [3.05, 3.63) is 35.9 Å². The first-order chi connectivity index (χ1) is 10.2. The maximum Gasteiger partial charge on any atom is 0.309 e. The molecule has 0 spiro atoms. The topological polar surface area (TPSA) is 68.1 Å². The molecule has 1 atom stereocenters. The summed E-state index contributed by atoms with van der Waals surface area (Å²) < 4.78 is 5.30. The van der Waals surface area contributed by atoms with Crippen molar-refractivity contribution in [2.45, 2.75) is 31.8 Å². The van der Waals surface area contributed by atoms with E-state index in [1.165, 1.54) is 0 Å². The second-order valence-corrected chi connectivity index (χ2v) is 5.74. The zero-order valence-corrected chi connectivity index (χ0v) is 11.8. The summed E-state index contributed by atoms with van der Waals surface area (Å²) in [5, 5.41) is 13.7. The third-order valence-corrected chi connectivity index (χ3v) is 4.36. The third-order valence-electron chi connectivity index (χ3n) is 4.36. The van der Waals surface area contributed by atoms with Crippen LogP contribution in [0.4, 0.5) is 0 Å². The number of carboxylic acids is 1. The standard InChI is InChI=1S/C16H19NO4/c18-15(19)16(6-8-20-9-7-16)11-13-10-14(17-21-13)12-4-2-1-3-5-12/h1-5,13H,6-11H2,(H,18,19)/t13-/m0/s1. The highest BCUT2D eigenvalue weighted by molar-refractivity contribution is 6.01. The molecular weight excluding hydrogens is 270 g/mol. The van der Waals surface area contributed by atoms with Gasteiger partial charge in [0.2, 0.25) is 0 Å². The monoisotopic (exact) mass is 289 g/mol. The van der Waals surface area contributed by atoms with Gasteiger partial charge in [-0.15, -0.1) is 0 Å². The molecule has 2 aliphatic rings. The van der Waals surface area contributed by atoms with Crippen LogP contribution in [0.2, 0.25) is 0 Å². The van der Waals surface area contributed by atoms with E-state index in [0.29, 0.717) is 38.9 Å². The molecule has 0 unspecified atom stereocenters. The number of ether oxygens (including phenoxy) is 1. The molecule has 0 amide bonds. The van der Waals surface area contributed by atoms with Gasteiger partial charge in [0.15, 0.2) is 0 Å². The fraction of sp³-hybridized carbons (Fsp3) is 0.500. The summed E-state index contributed by atoms with van der Waals surface area (Å²) in [7, 11) is 0. The van der Waals surface area contributed by atoms with Crippen LogP contribution in [0.15, 0.2) is 35.5 Å². The highest BCUT2D eigenvalue weighted by Gasteiger charge is 2.43. The predicted octanol–water partition coefficient (Wildman–Crippen LogP) is 2.45. The van der Waals surface area contributed by atoms with Crippen LogP contribution in [-0.4, -0.2) is 36.1 Å². The minimum absolute atomic E-state index is 0.158. The zero-order valence-electron chi connectivity index (χ0n) is 11.8. The summed E-state index contributed by atoms with van der Waals surface area (Å²) in [6.07, 6.45) is 2.09. The Bertz CT molecular complexity index is 534. The molecule has 3 rings (SSSR count). The fourth-order valence-corrected chi connectivity index (χ4v) is 3.04. The zero-order chi connectivity index (χ0) is 14.7. The quantitative estimate of drug-likeness (QED) is 0.924. The first-order valence-corrected chi connectivity index (χ1v) is 7.29. The number of hydrogen-bond acceptors (Lipinski definition) is 4. The smallest absolute Gasteiger partial charge is 0.309 e. The molecular formula is C16H19NO4. The van der Waals surface area contributed by atoms with Crippen molar-refractivity contribution in [3.8, 4) is 0 Å². The van der Waals surface area contributed by atoms with E-state index in [1.807, 2.05) is 30.3 Å². The summed E-state index contributed by atoms with van der Waals surface area (Å²) in [5.41, 5.74) is 1.20. The predicted molar refractivity (Wildman–Crippen MR) is 77.2 cm³/mol.